The summed E-state index contributed by atoms with van der Waals surface area (Å²) in [6.45, 7) is 7.28. The number of nitrogens with zero attached hydrogens (tertiary/aromatic N) is 1. The van der Waals surface area contributed by atoms with E-state index in [1.54, 1.807) is 7.11 Å². The monoisotopic (exact) mass is 260 g/mol. The first-order chi connectivity index (χ1) is 9.01. The van der Waals surface area contributed by atoms with Crippen molar-refractivity contribution in [1.82, 2.24) is 4.57 Å². The van der Waals surface area contributed by atoms with Gasteiger partial charge in [-0.3, -0.25) is 0 Å². The molecule has 0 saturated heterocycles. The molecular weight excluding hydrogens is 236 g/mol. The van der Waals surface area contributed by atoms with Crippen molar-refractivity contribution in [3.8, 4) is 5.75 Å². The minimum absolute atomic E-state index is 0.384. The van der Waals surface area contributed by atoms with Crippen molar-refractivity contribution in [2.24, 2.45) is 18.7 Å². The van der Waals surface area contributed by atoms with Gasteiger partial charge in [0.1, 0.15) is 5.75 Å². The lowest BCUT2D eigenvalue weighted by Gasteiger charge is -2.19. The third kappa shape index (κ3) is 2.23. The van der Waals surface area contributed by atoms with Gasteiger partial charge in [-0.05, 0) is 36.6 Å². The van der Waals surface area contributed by atoms with Gasteiger partial charge >= 0.3 is 0 Å². The molecule has 1 atom stereocenters. The SMILES string of the molecule is COc1ccc(C)c2c(C(CN)C(C)C)cn(C)c12. The van der Waals surface area contributed by atoms with Gasteiger partial charge in [-0.2, -0.15) is 0 Å². The van der Waals surface area contributed by atoms with Crippen LogP contribution in [0.2, 0.25) is 0 Å². The minimum Gasteiger partial charge on any atom is -0.495 e. The van der Waals surface area contributed by atoms with Crippen LogP contribution in [-0.4, -0.2) is 18.2 Å². The van der Waals surface area contributed by atoms with Crippen LogP contribution in [0.1, 0.15) is 30.9 Å². The van der Waals surface area contributed by atoms with Crippen LogP contribution in [0.15, 0.2) is 18.3 Å². The molecule has 104 valence electrons. The Morgan fingerprint density at radius 3 is 2.53 bits per heavy atom. The zero-order chi connectivity index (χ0) is 14.2. The molecule has 2 aromatic rings. The number of aromatic nitrogens is 1. The summed E-state index contributed by atoms with van der Waals surface area (Å²) in [6.07, 6.45) is 2.21. The van der Waals surface area contributed by atoms with E-state index in [0.717, 1.165) is 11.3 Å². The van der Waals surface area contributed by atoms with E-state index in [0.29, 0.717) is 18.4 Å². The Bertz CT molecular complexity index is 584. The quantitative estimate of drug-likeness (QED) is 0.917. The van der Waals surface area contributed by atoms with E-state index >= 15 is 0 Å². The second kappa shape index (κ2) is 5.25. The molecule has 1 aromatic carbocycles. The maximum absolute atomic E-state index is 5.99. The zero-order valence-electron chi connectivity index (χ0n) is 12.5. The number of hydrogen-bond acceptors (Lipinski definition) is 2. The highest BCUT2D eigenvalue weighted by Gasteiger charge is 2.21. The number of nitrogens with two attached hydrogens (primary N) is 1. The fourth-order valence-corrected chi connectivity index (χ4v) is 2.93. The van der Waals surface area contributed by atoms with Gasteiger partial charge in [-0.1, -0.05) is 19.9 Å². The molecule has 0 bridgehead atoms. The highest BCUT2D eigenvalue weighted by molar-refractivity contribution is 5.92. The molecule has 0 radical (unpaired) electrons. The van der Waals surface area contributed by atoms with Gasteiger partial charge in [0.2, 0.25) is 0 Å². The van der Waals surface area contributed by atoms with Crippen LogP contribution >= 0.6 is 0 Å². The lowest BCUT2D eigenvalue weighted by atomic mass is 9.87. The number of methoxy groups -OCH3 is 1. The van der Waals surface area contributed by atoms with E-state index < -0.39 is 0 Å². The smallest absolute Gasteiger partial charge is 0.143 e. The first-order valence-electron chi connectivity index (χ1n) is 6.83. The highest BCUT2D eigenvalue weighted by atomic mass is 16.5. The van der Waals surface area contributed by atoms with E-state index in [1.807, 2.05) is 6.07 Å². The predicted molar refractivity (Wildman–Crippen MR) is 80.8 cm³/mol. The third-order valence-corrected chi connectivity index (χ3v) is 4.00. The van der Waals surface area contributed by atoms with E-state index in [1.165, 1.54) is 16.5 Å². The van der Waals surface area contributed by atoms with Crippen molar-refractivity contribution in [2.45, 2.75) is 26.7 Å². The molecule has 1 heterocycles. The number of aryl methyl sites for hydroxylation is 2. The van der Waals surface area contributed by atoms with Crippen LogP contribution in [0, 0.1) is 12.8 Å². The summed E-state index contributed by atoms with van der Waals surface area (Å²) < 4.78 is 7.65. The summed E-state index contributed by atoms with van der Waals surface area (Å²) in [5.41, 5.74) is 9.77. The average Bonchev–Trinajstić information content (AvgIpc) is 2.70. The summed E-state index contributed by atoms with van der Waals surface area (Å²) in [5, 5.41) is 1.30. The standard InChI is InChI=1S/C16H24N2O/c1-10(2)12(8-17)13-9-18(4)16-14(19-5)7-6-11(3)15(13)16/h6-7,9-10,12H,8,17H2,1-5H3. The lowest BCUT2D eigenvalue weighted by molar-refractivity contribution is 0.418. The molecule has 19 heavy (non-hydrogen) atoms. The number of ether oxygens (including phenoxy) is 1. The van der Waals surface area contributed by atoms with Crippen LogP contribution < -0.4 is 10.5 Å². The number of benzene rings is 1. The van der Waals surface area contributed by atoms with Gasteiger partial charge in [-0.15, -0.1) is 0 Å². The number of hydrogen-bond donors (Lipinski definition) is 1. The molecule has 2 rings (SSSR count). The maximum Gasteiger partial charge on any atom is 0.143 e. The third-order valence-electron chi connectivity index (χ3n) is 4.00. The number of fused-ring (bicyclic) bond motifs is 1. The molecule has 0 fully saturated rings. The molecule has 1 unspecified atom stereocenters. The summed E-state index contributed by atoms with van der Waals surface area (Å²) in [4.78, 5) is 0. The molecule has 2 N–H and O–H groups in total. The predicted octanol–water partition coefficient (Wildman–Crippen LogP) is 3.19. The average molecular weight is 260 g/mol. The molecule has 0 aliphatic carbocycles. The molecule has 0 aliphatic heterocycles. The fraction of sp³-hybridized carbons (Fsp3) is 0.500. The minimum atomic E-state index is 0.384. The normalized spacial score (nSPS) is 13.2. The zero-order valence-corrected chi connectivity index (χ0v) is 12.5. The van der Waals surface area contributed by atoms with Crippen molar-refractivity contribution in [3.05, 3.63) is 29.5 Å². The van der Waals surface area contributed by atoms with E-state index in [9.17, 15) is 0 Å². The molecule has 0 saturated carbocycles. The van der Waals surface area contributed by atoms with Gasteiger partial charge in [0.15, 0.2) is 0 Å². The van der Waals surface area contributed by atoms with Crippen LogP contribution in [0.4, 0.5) is 0 Å². The van der Waals surface area contributed by atoms with Gasteiger partial charge in [0.05, 0.1) is 12.6 Å². The van der Waals surface area contributed by atoms with Crippen LogP contribution in [0.3, 0.4) is 0 Å². The topological polar surface area (TPSA) is 40.2 Å². The summed E-state index contributed by atoms with van der Waals surface area (Å²) in [7, 11) is 3.79. The van der Waals surface area contributed by atoms with Crippen LogP contribution in [0.5, 0.6) is 5.75 Å². The van der Waals surface area contributed by atoms with Gasteiger partial charge in [-0.25, -0.2) is 0 Å². The van der Waals surface area contributed by atoms with Crippen molar-refractivity contribution in [2.75, 3.05) is 13.7 Å². The summed E-state index contributed by atoms with van der Waals surface area (Å²) >= 11 is 0. The Hall–Kier alpha value is -1.48. The van der Waals surface area contributed by atoms with Gasteiger partial charge in [0, 0.05) is 24.5 Å². The number of rotatable bonds is 4. The van der Waals surface area contributed by atoms with Crippen molar-refractivity contribution < 1.29 is 4.74 Å². The first-order valence-corrected chi connectivity index (χ1v) is 6.83. The highest BCUT2D eigenvalue weighted by Crippen LogP contribution is 2.37. The largest absolute Gasteiger partial charge is 0.495 e. The van der Waals surface area contributed by atoms with Crippen LogP contribution in [-0.2, 0) is 7.05 Å². The molecule has 0 amide bonds. The molecule has 0 aliphatic rings. The second-order valence-electron chi connectivity index (χ2n) is 5.59. The molecule has 3 nitrogen and oxygen atoms in total. The van der Waals surface area contributed by atoms with Crippen molar-refractivity contribution in [3.63, 3.8) is 0 Å². The molecule has 1 aromatic heterocycles. The van der Waals surface area contributed by atoms with Gasteiger partial charge in [0.25, 0.3) is 0 Å². The van der Waals surface area contributed by atoms with Crippen molar-refractivity contribution >= 4 is 10.9 Å². The molecular formula is C16H24N2O. The molecule has 0 spiro atoms. The Balaban J connectivity index is 2.77. The first kappa shape index (κ1) is 13.9. The second-order valence-corrected chi connectivity index (χ2v) is 5.59. The summed E-state index contributed by atoms with van der Waals surface area (Å²) in [6, 6.07) is 4.16. The lowest BCUT2D eigenvalue weighted by Crippen LogP contribution is -2.17. The fourth-order valence-electron chi connectivity index (χ4n) is 2.93. The van der Waals surface area contributed by atoms with Gasteiger partial charge < -0.3 is 15.0 Å². The van der Waals surface area contributed by atoms with E-state index in [-0.39, 0.29) is 0 Å². The maximum atomic E-state index is 5.99. The van der Waals surface area contributed by atoms with E-state index in [4.69, 9.17) is 10.5 Å². The van der Waals surface area contributed by atoms with E-state index in [2.05, 4.69) is 44.6 Å². The Kier molecular flexibility index (Phi) is 3.85. The Labute approximate surface area is 115 Å². The summed E-state index contributed by atoms with van der Waals surface area (Å²) in [5.74, 6) is 1.84. The Morgan fingerprint density at radius 1 is 1.32 bits per heavy atom. The Morgan fingerprint density at radius 2 is 2.00 bits per heavy atom. The molecule has 3 heteroatoms. The van der Waals surface area contributed by atoms with Crippen LogP contribution in [0.25, 0.3) is 10.9 Å². The van der Waals surface area contributed by atoms with Crippen molar-refractivity contribution in [1.29, 1.82) is 0 Å².